The lowest BCUT2D eigenvalue weighted by Crippen LogP contribution is -1.93. The van der Waals surface area contributed by atoms with E-state index in [1.807, 2.05) is 0 Å². The molecule has 1 aromatic rings. The molecule has 0 amide bonds. The zero-order valence-electron chi connectivity index (χ0n) is 7.00. The number of carboxylic acid groups (broad SMARTS) is 1. The van der Waals surface area contributed by atoms with Crippen LogP contribution < -0.4 is 5.32 Å². The summed E-state index contributed by atoms with van der Waals surface area (Å²) in [5.41, 5.74) is 0.153. The van der Waals surface area contributed by atoms with E-state index in [2.05, 4.69) is 5.32 Å². The topological polar surface area (TPSA) is 49.3 Å². The molecule has 0 aliphatic carbocycles. The third-order valence-electron chi connectivity index (χ3n) is 1.34. The van der Waals surface area contributed by atoms with Crippen molar-refractivity contribution in [3.8, 4) is 0 Å². The summed E-state index contributed by atoms with van der Waals surface area (Å²) < 4.78 is 25.2. The lowest BCUT2D eigenvalue weighted by Gasteiger charge is -2.00. The van der Waals surface area contributed by atoms with Gasteiger partial charge in [0.05, 0.1) is 0 Å². The number of carbonyl (C=O) groups is 1. The Morgan fingerprint density at radius 1 is 1.29 bits per heavy atom. The second-order valence-corrected chi connectivity index (χ2v) is 2.47. The Balaban J connectivity index is 2.72. The van der Waals surface area contributed by atoms with E-state index >= 15 is 0 Å². The van der Waals surface area contributed by atoms with Gasteiger partial charge in [0, 0.05) is 24.0 Å². The fourth-order valence-corrected chi connectivity index (χ4v) is 0.846. The first-order valence-corrected chi connectivity index (χ1v) is 3.70. The van der Waals surface area contributed by atoms with E-state index in [9.17, 15) is 13.6 Å². The van der Waals surface area contributed by atoms with E-state index in [1.54, 1.807) is 0 Å². The molecule has 0 saturated heterocycles. The highest BCUT2D eigenvalue weighted by Crippen LogP contribution is 2.12. The summed E-state index contributed by atoms with van der Waals surface area (Å²) in [6, 6.07) is 2.83. The van der Waals surface area contributed by atoms with Gasteiger partial charge < -0.3 is 10.4 Å². The molecule has 0 spiro atoms. The van der Waals surface area contributed by atoms with Crippen LogP contribution in [0.15, 0.2) is 30.5 Å². The highest BCUT2D eigenvalue weighted by atomic mass is 19.1. The fourth-order valence-electron chi connectivity index (χ4n) is 0.846. The number of rotatable bonds is 3. The van der Waals surface area contributed by atoms with E-state index in [0.717, 1.165) is 30.5 Å². The summed E-state index contributed by atoms with van der Waals surface area (Å²) in [4.78, 5) is 10.0. The minimum atomic E-state index is -1.14. The smallest absolute Gasteiger partial charge is 0.329 e. The number of hydrogen-bond acceptors (Lipinski definition) is 2. The van der Waals surface area contributed by atoms with Gasteiger partial charge in [-0.25, -0.2) is 13.6 Å². The van der Waals surface area contributed by atoms with Gasteiger partial charge in [0.15, 0.2) is 0 Å². The maximum absolute atomic E-state index is 12.6. The second-order valence-electron chi connectivity index (χ2n) is 2.47. The quantitative estimate of drug-likeness (QED) is 0.731. The largest absolute Gasteiger partial charge is 0.478 e. The van der Waals surface area contributed by atoms with Gasteiger partial charge in [0.1, 0.15) is 11.6 Å². The number of aliphatic carboxylic acids is 1. The van der Waals surface area contributed by atoms with Crippen molar-refractivity contribution in [2.45, 2.75) is 0 Å². The number of carboxylic acids is 1. The molecule has 0 unspecified atom stereocenters. The van der Waals surface area contributed by atoms with Crippen molar-refractivity contribution in [2.24, 2.45) is 0 Å². The molecule has 5 heteroatoms. The molecule has 0 aliphatic rings. The summed E-state index contributed by atoms with van der Waals surface area (Å²) in [6.45, 7) is 0. The predicted octanol–water partition coefficient (Wildman–Crippen LogP) is 1.98. The summed E-state index contributed by atoms with van der Waals surface area (Å²) in [6.07, 6.45) is 1.90. The van der Waals surface area contributed by atoms with Crippen molar-refractivity contribution < 1.29 is 18.7 Å². The Morgan fingerprint density at radius 3 is 2.36 bits per heavy atom. The Morgan fingerprint density at radius 2 is 1.86 bits per heavy atom. The molecule has 74 valence electrons. The maximum Gasteiger partial charge on any atom is 0.329 e. The lowest BCUT2D eigenvalue weighted by atomic mass is 10.3. The van der Waals surface area contributed by atoms with Crippen molar-refractivity contribution in [3.05, 3.63) is 42.1 Å². The molecule has 0 fully saturated rings. The molecule has 3 nitrogen and oxygen atoms in total. The number of nitrogens with one attached hydrogen (secondary N) is 1. The zero-order chi connectivity index (χ0) is 10.6. The van der Waals surface area contributed by atoms with Crippen LogP contribution in [-0.4, -0.2) is 11.1 Å². The average molecular weight is 199 g/mol. The van der Waals surface area contributed by atoms with E-state index in [1.165, 1.54) is 0 Å². The van der Waals surface area contributed by atoms with E-state index < -0.39 is 17.6 Å². The number of anilines is 1. The van der Waals surface area contributed by atoms with Gasteiger partial charge in [-0.15, -0.1) is 0 Å². The van der Waals surface area contributed by atoms with Crippen LogP contribution in [0.2, 0.25) is 0 Å². The van der Waals surface area contributed by atoms with E-state index in [-0.39, 0.29) is 5.69 Å². The molecule has 1 rings (SSSR count). The first kappa shape index (κ1) is 10.2. The molecular formula is C9H7F2NO2. The van der Waals surface area contributed by atoms with Crippen molar-refractivity contribution in [1.29, 1.82) is 0 Å². The van der Waals surface area contributed by atoms with Crippen LogP contribution >= 0.6 is 0 Å². The molecule has 0 atom stereocenters. The minimum Gasteiger partial charge on any atom is -0.478 e. The third-order valence-corrected chi connectivity index (χ3v) is 1.34. The van der Waals surface area contributed by atoms with E-state index in [4.69, 9.17) is 5.11 Å². The predicted molar refractivity (Wildman–Crippen MR) is 46.8 cm³/mol. The second kappa shape index (κ2) is 4.36. The highest BCUT2D eigenvalue weighted by molar-refractivity contribution is 5.80. The standard InChI is InChI=1S/C9H7F2NO2/c10-6-3-7(11)5-8(4-6)12-2-1-9(13)14/h1-5,12H,(H,13,14)/b2-1+. The van der Waals surface area contributed by atoms with Crippen LogP contribution in [0.4, 0.5) is 14.5 Å². The Bertz CT molecular complexity index is 357. The molecular weight excluding hydrogens is 192 g/mol. The SMILES string of the molecule is O=C(O)/C=C/Nc1cc(F)cc(F)c1. The fraction of sp³-hybridized carbons (Fsp3) is 0. The normalized spacial score (nSPS) is 10.4. The Labute approximate surface area is 78.7 Å². The van der Waals surface area contributed by atoms with Crippen LogP contribution in [0.25, 0.3) is 0 Å². The summed E-state index contributed by atoms with van der Waals surface area (Å²) in [5.74, 6) is -2.60. The first-order valence-electron chi connectivity index (χ1n) is 3.70. The van der Waals surface area contributed by atoms with Crippen molar-refractivity contribution in [3.63, 3.8) is 0 Å². The minimum absolute atomic E-state index is 0.153. The van der Waals surface area contributed by atoms with Crippen molar-refractivity contribution >= 4 is 11.7 Å². The molecule has 1 aromatic carbocycles. The number of benzene rings is 1. The summed E-state index contributed by atoms with van der Waals surface area (Å²) in [5, 5.41) is 10.6. The van der Waals surface area contributed by atoms with E-state index in [0.29, 0.717) is 0 Å². The lowest BCUT2D eigenvalue weighted by molar-refractivity contribution is -0.131. The summed E-state index contributed by atoms with van der Waals surface area (Å²) in [7, 11) is 0. The Kier molecular flexibility index (Phi) is 3.17. The van der Waals surface area contributed by atoms with Crippen LogP contribution in [0.5, 0.6) is 0 Å². The van der Waals surface area contributed by atoms with Gasteiger partial charge in [-0.3, -0.25) is 0 Å². The molecule has 0 aliphatic heterocycles. The van der Waals surface area contributed by atoms with Crippen molar-refractivity contribution in [2.75, 3.05) is 5.32 Å². The van der Waals surface area contributed by atoms with Crippen LogP contribution in [-0.2, 0) is 4.79 Å². The van der Waals surface area contributed by atoms with Gasteiger partial charge >= 0.3 is 5.97 Å². The number of hydrogen-bond donors (Lipinski definition) is 2. The van der Waals surface area contributed by atoms with Gasteiger partial charge in [-0.1, -0.05) is 0 Å². The van der Waals surface area contributed by atoms with Crippen LogP contribution in [0, 0.1) is 11.6 Å². The zero-order valence-corrected chi connectivity index (χ0v) is 7.00. The molecule has 2 N–H and O–H groups in total. The highest BCUT2D eigenvalue weighted by Gasteiger charge is 1.98. The molecule has 0 radical (unpaired) electrons. The molecule has 14 heavy (non-hydrogen) atoms. The van der Waals surface area contributed by atoms with Gasteiger partial charge in [0.25, 0.3) is 0 Å². The maximum atomic E-state index is 12.6. The van der Waals surface area contributed by atoms with Crippen LogP contribution in [0.3, 0.4) is 0 Å². The average Bonchev–Trinajstić information content (AvgIpc) is 2.01. The van der Waals surface area contributed by atoms with Gasteiger partial charge in [-0.05, 0) is 12.1 Å². The van der Waals surface area contributed by atoms with Gasteiger partial charge in [-0.2, -0.15) is 0 Å². The monoisotopic (exact) mass is 199 g/mol. The number of halogens is 2. The summed E-state index contributed by atoms with van der Waals surface area (Å²) >= 11 is 0. The molecule has 0 heterocycles. The van der Waals surface area contributed by atoms with Crippen LogP contribution in [0.1, 0.15) is 0 Å². The van der Waals surface area contributed by atoms with Crippen molar-refractivity contribution in [1.82, 2.24) is 0 Å². The molecule has 0 saturated carbocycles. The first-order chi connectivity index (χ1) is 6.58. The molecule has 0 aromatic heterocycles. The third kappa shape index (κ3) is 3.22. The Hall–Kier alpha value is -1.91. The van der Waals surface area contributed by atoms with Gasteiger partial charge in [0.2, 0.25) is 0 Å². The molecule has 0 bridgehead atoms.